The van der Waals surface area contributed by atoms with Gasteiger partial charge in [-0.2, -0.15) is 4.40 Å². The zero-order chi connectivity index (χ0) is 21.3. The lowest BCUT2D eigenvalue weighted by molar-refractivity contribution is -0.661. The Labute approximate surface area is 187 Å². The zero-order valence-corrected chi connectivity index (χ0v) is 17.7. The van der Waals surface area contributed by atoms with Gasteiger partial charge < -0.3 is 0 Å². The van der Waals surface area contributed by atoms with Crippen molar-refractivity contribution in [2.45, 2.75) is 6.54 Å². The highest BCUT2D eigenvalue weighted by atomic mass is 15.1. The highest BCUT2D eigenvalue weighted by Crippen LogP contribution is 2.40. The Bertz CT molecular complexity index is 1520. The van der Waals surface area contributed by atoms with Crippen molar-refractivity contribution in [2.75, 3.05) is 0 Å². The molecule has 32 heavy (non-hydrogen) atoms. The van der Waals surface area contributed by atoms with Gasteiger partial charge in [-0.1, -0.05) is 109 Å². The van der Waals surface area contributed by atoms with E-state index < -0.39 is 0 Å². The van der Waals surface area contributed by atoms with E-state index in [9.17, 15) is 0 Å². The molecule has 0 radical (unpaired) electrons. The summed E-state index contributed by atoms with van der Waals surface area (Å²) in [5, 5.41) is 1.26. The van der Waals surface area contributed by atoms with E-state index in [2.05, 4.69) is 137 Å². The molecule has 152 valence electrons. The van der Waals surface area contributed by atoms with Crippen LogP contribution >= 0.6 is 0 Å². The van der Waals surface area contributed by atoms with Gasteiger partial charge in [-0.05, 0) is 22.8 Å². The Morgan fingerprint density at radius 1 is 0.562 bits per heavy atom. The Hall–Kier alpha value is -4.17. The van der Waals surface area contributed by atoms with Crippen molar-refractivity contribution in [3.63, 3.8) is 0 Å². The van der Waals surface area contributed by atoms with Crippen LogP contribution in [0, 0.1) is 0 Å². The number of pyridine rings is 1. The summed E-state index contributed by atoms with van der Waals surface area (Å²) in [5.41, 5.74) is 8.71. The SMILES string of the molecule is c1ccc(C[n+]2ccn3c4ccccc4c(-c4ccccc4)c(-c4ccccc4)c32)cc1. The van der Waals surface area contributed by atoms with Crippen LogP contribution in [-0.4, -0.2) is 4.40 Å². The minimum Gasteiger partial charge on any atom is -0.225 e. The van der Waals surface area contributed by atoms with E-state index in [0.717, 1.165) is 6.54 Å². The first-order chi connectivity index (χ1) is 15.9. The lowest BCUT2D eigenvalue weighted by Gasteiger charge is -2.14. The Balaban J connectivity index is 1.77. The summed E-state index contributed by atoms with van der Waals surface area (Å²) >= 11 is 0. The van der Waals surface area contributed by atoms with Crippen LogP contribution in [-0.2, 0) is 6.54 Å². The molecule has 0 spiro atoms. The minimum absolute atomic E-state index is 0.823. The van der Waals surface area contributed by atoms with Crippen LogP contribution in [0.2, 0.25) is 0 Å². The standard InChI is InChI=1S/C30H23N2/c1-4-12-23(13-5-1)22-31-20-21-32-27-19-11-10-18-26(27)28(24-14-6-2-7-15-24)29(30(31)32)25-16-8-3-9-17-25/h1-21H,22H2/q+1. The molecule has 0 aliphatic rings. The Morgan fingerprint density at radius 2 is 1.12 bits per heavy atom. The van der Waals surface area contributed by atoms with Crippen LogP contribution in [0.25, 0.3) is 38.8 Å². The fourth-order valence-electron chi connectivity index (χ4n) is 4.72. The normalized spacial score (nSPS) is 11.2. The molecule has 2 aromatic heterocycles. The van der Waals surface area contributed by atoms with Crippen molar-refractivity contribution >= 4 is 16.6 Å². The molecule has 0 bridgehead atoms. The Morgan fingerprint density at radius 3 is 1.81 bits per heavy atom. The number of imidazole rings is 1. The van der Waals surface area contributed by atoms with E-state index in [1.807, 2.05) is 0 Å². The lowest BCUT2D eigenvalue weighted by Crippen LogP contribution is -2.33. The van der Waals surface area contributed by atoms with E-state index in [1.165, 1.54) is 44.4 Å². The maximum atomic E-state index is 2.37. The van der Waals surface area contributed by atoms with E-state index in [4.69, 9.17) is 0 Å². The molecule has 6 aromatic rings. The topological polar surface area (TPSA) is 8.29 Å². The predicted molar refractivity (Wildman–Crippen MR) is 132 cm³/mol. The number of para-hydroxylation sites is 1. The molecule has 0 atom stereocenters. The van der Waals surface area contributed by atoms with Crippen molar-refractivity contribution in [1.29, 1.82) is 0 Å². The smallest absolute Gasteiger partial charge is 0.225 e. The second kappa shape index (κ2) is 7.82. The number of aromatic nitrogens is 2. The number of hydrogen-bond acceptors (Lipinski definition) is 0. The maximum absolute atomic E-state index is 2.37. The molecule has 0 N–H and O–H groups in total. The van der Waals surface area contributed by atoms with Gasteiger partial charge in [0.25, 0.3) is 5.65 Å². The molecule has 0 aliphatic heterocycles. The van der Waals surface area contributed by atoms with Crippen LogP contribution in [0.5, 0.6) is 0 Å². The summed E-state index contributed by atoms with van der Waals surface area (Å²) in [5.74, 6) is 0. The summed E-state index contributed by atoms with van der Waals surface area (Å²) in [6.45, 7) is 0.823. The molecule has 2 heterocycles. The number of benzene rings is 4. The third kappa shape index (κ3) is 3.09. The summed E-state index contributed by atoms with van der Waals surface area (Å²) < 4.78 is 4.71. The highest BCUT2D eigenvalue weighted by molar-refractivity contribution is 6.06. The largest absolute Gasteiger partial charge is 0.295 e. The van der Waals surface area contributed by atoms with Crippen molar-refractivity contribution in [3.8, 4) is 22.3 Å². The second-order valence-electron chi connectivity index (χ2n) is 8.10. The van der Waals surface area contributed by atoms with Crippen molar-refractivity contribution in [2.24, 2.45) is 0 Å². The zero-order valence-electron chi connectivity index (χ0n) is 17.7. The van der Waals surface area contributed by atoms with Gasteiger partial charge in [0.1, 0.15) is 24.5 Å². The van der Waals surface area contributed by atoms with Crippen molar-refractivity contribution in [1.82, 2.24) is 4.40 Å². The van der Waals surface area contributed by atoms with Crippen LogP contribution < -0.4 is 4.57 Å². The van der Waals surface area contributed by atoms with Gasteiger partial charge in [0.2, 0.25) is 0 Å². The Kier molecular flexibility index (Phi) is 4.54. The molecular weight excluding hydrogens is 388 g/mol. The van der Waals surface area contributed by atoms with Gasteiger partial charge in [0, 0.05) is 10.9 Å². The number of fused-ring (bicyclic) bond motifs is 3. The monoisotopic (exact) mass is 411 g/mol. The minimum atomic E-state index is 0.823. The first-order valence-corrected chi connectivity index (χ1v) is 11.0. The number of hydrogen-bond donors (Lipinski definition) is 0. The summed E-state index contributed by atoms with van der Waals surface area (Å²) in [6, 6.07) is 40.9. The van der Waals surface area contributed by atoms with E-state index in [-0.39, 0.29) is 0 Å². The third-order valence-corrected chi connectivity index (χ3v) is 6.12. The average molecular weight is 412 g/mol. The molecule has 0 saturated carbocycles. The third-order valence-electron chi connectivity index (χ3n) is 6.12. The fraction of sp³-hybridized carbons (Fsp3) is 0.0333. The first-order valence-electron chi connectivity index (χ1n) is 11.0. The van der Waals surface area contributed by atoms with Crippen LogP contribution in [0.4, 0.5) is 0 Å². The quantitative estimate of drug-likeness (QED) is 0.283. The molecule has 2 nitrogen and oxygen atoms in total. The summed E-state index contributed by atoms with van der Waals surface area (Å²) in [4.78, 5) is 0. The van der Waals surface area contributed by atoms with Crippen LogP contribution in [0.3, 0.4) is 0 Å². The van der Waals surface area contributed by atoms with Crippen molar-refractivity contribution in [3.05, 3.63) is 133 Å². The van der Waals surface area contributed by atoms with Gasteiger partial charge in [-0.15, -0.1) is 0 Å². The predicted octanol–water partition coefficient (Wildman–Crippen LogP) is 6.76. The summed E-state index contributed by atoms with van der Waals surface area (Å²) in [6.07, 6.45) is 4.40. The van der Waals surface area contributed by atoms with Gasteiger partial charge >= 0.3 is 0 Å². The maximum Gasteiger partial charge on any atom is 0.295 e. The number of rotatable bonds is 4. The van der Waals surface area contributed by atoms with Gasteiger partial charge in [-0.25, -0.2) is 4.57 Å². The van der Waals surface area contributed by atoms with Gasteiger partial charge in [0.15, 0.2) is 0 Å². The molecule has 6 rings (SSSR count). The van der Waals surface area contributed by atoms with Crippen LogP contribution in [0.1, 0.15) is 5.56 Å². The molecule has 0 saturated heterocycles. The fourth-order valence-corrected chi connectivity index (χ4v) is 4.72. The summed E-state index contributed by atoms with van der Waals surface area (Å²) in [7, 11) is 0. The second-order valence-corrected chi connectivity index (χ2v) is 8.10. The highest BCUT2D eigenvalue weighted by Gasteiger charge is 2.25. The van der Waals surface area contributed by atoms with E-state index >= 15 is 0 Å². The molecule has 0 unspecified atom stereocenters. The molecule has 0 aliphatic carbocycles. The van der Waals surface area contributed by atoms with E-state index in [1.54, 1.807) is 0 Å². The first kappa shape index (κ1) is 18.6. The molecule has 4 aromatic carbocycles. The lowest BCUT2D eigenvalue weighted by atomic mass is 9.92. The van der Waals surface area contributed by atoms with Gasteiger partial charge in [-0.3, -0.25) is 0 Å². The average Bonchev–Trinajstić information content (AvgIpc) is 3.28. The van der Waals surface area contributed by atoms with Crippen molar-refractivity contribution < 1.29 is 4.57 Å². The number of nitrogens with zero attached hydrogens (tertiary/aromatic N) is 2. The van der Waals surface area contributed by atoms with Crippen LogP contribution in [0.15, 0.2) is 128 Å². The molecule has 0 fully saturated rings. The molecule has 2 heteroatoms. The molecule has 0 amide bonds. The molecular formula is C30H23N2+. The van der Waals surface area contributed by atoms with E-state index in [0.29, 0.717) is 0 Å². The van der Waals surface area contributed by atoms with Gasteiger partial charge in [0.05, 0.1) is 5.56 Å².